The molecular weight excluding hydrogens is 301 g/mol. The Kier molecular flexibility index (Phi) is 4.24. The van der Waals surface area contributed by atoms with E-state index in [-0.39, 0.29) is 17.9 Å². The number of carboxylic acid groups (broad SMARTS) is 1. The minimum absolute atomic E-state index is 0.0843. The Morgan fingerprint density at radius 3 is 2.78 bits per heavy atom. The van der Waals surface area contributed by atoms with E-state index in [0.717, 1.165) is 6.42 Å². The highest BCUT2D eigenvalue weighted by molar-refractivity contribution is 5.97. The van der Waals surface area contributed by atoms with Gasteiger partial charge in [0.05, 0.1) is 18.2 Å². The van der Waals surface area contributed by atoms with Crippen molar-refractivity contribution < 1.29 is 23.8 Å². The van der Waals surface area contributed by atoms with Crippen molar-refractivity contribution in [2.45, 2.75) is 38.7 Å². The molecule has 124 valence electrons. The molecule has 1 aliphatic heterocycles. The molecule has 3 rings (SSSR count). The zero-order valence-electron chi connectivity index (χ0n) is 13.0. The number of rotatable bonds is 2. The molecule has 0 bridgehead atoms. The Morgan fingerprint density at radius 2 is 2.04 bits per heavy atom. The van der Waals surface area contributed by atoms with Crippen LogP contribution in [0, 0.1) is 17.7 Å². The lowest BCUT2D eigenvalue weighted by molar-refractivity contribution is -0.143. The molecule has 23 heavy (non-hydrogen) atoms. The van der Waals surface area contributed by atoms with Gasteiger partial charge >= 0.3 is 5.97 Å². The standard InChI is InChI=1S/C17H20FNO4/c1-10-9-19(14-6-5-13(18)8-15(14)23-10)16(20)11-3-2-4-12(7-11)17(21)22/h5-6,8,10-12H,2-4,7,9H2,1H3,(H,21,22). The van der Waals surface area contributed by atoms with E-state index in [0.29, 0.717) is 37.2 Å². The second kappa shape index (κ2) is 6.18. The van der Waals surface area contributed by atoms with Gasteiger partial charge < -0.3 is 14.7 Å². The minimum atomic E-state index is -0.833. The van der Waals surface area contributed by atoms with Crippen LogP contribution in [0.3, 0.4) is 0 Å². The van der Waals surface area contributed by atoms with Crippen molar-refractivity contribution in [1.29, 1.82) is 0 Å². The first-order valence-corrected chi connectivity index (χ1v) is 7.96. The molecule has 1 heterocycles. The summed E-state index contributed by atoms with van der Waals surface area (Å²) in [5, 5.41) is 9.19. The number of carbonyl (C=O) groups is 2. The fourth-order valence-electron chi connectivity index (χ4n) is 3.48. The van der Waals surface area contributed by atoms with Gasteiger partial charge in [-0.3, -0.25) is 9.59 Å². The predicted molar refractivity (Wildman–Crippen MR) is 81.9 cm³/mol. The van der Waals surface area contributed by atoms with Crippen LogP contribution in [0.5, 0.6) is 5.75 Å². The summed E-state index contributed by atoms with van der Waals surface area (Å²) in [6.45, 7) is 2.22. The zero-order valence-corrected chi connectivity index (χ0v) is 13.0. The summed E-state index contributed by atoms with van der Waals surface area (Å²) in [6.07, 6.45) is 2.21. The first-order valence-electron chi connectivity index (χ1n) is 7.96. The molecule has 3 unspecified atom stereocenters. The smallest absolute Gasteiger partial charge is 0.306 e. The van der Waals surface area contributed by atoms with E-state index in [4.69, 9.17) is 4.74 Å². The Bertz CT molecular complexity index is 633. The molecule has 0 saturated heterocycles. The van der Waals surface area contributed by atoms with Gasteiger partial charge in [-0.25, -0.2) is 4.39 Å². The zero-order chi connectivity index (χ0) is 16.6. The number of hydrogen-bond donors (Lipinski definition) is 1. The molecule has 0 radical (unpaired) electrons. The van der Waals surface area contributed by atoms with Gasteiger partial charge in [-0.1, -0.05) is 6.42 Å². The van der Waals surface area contributed by atoms with E-state index in [1.807, 2.05) is 6.92 Å². The van der Waals surface area contributed by atoms with Crippen LogP contribution in [-0.2, 0) is 9.59 Å². The van der Waals surface area contributed by atoms with E-state index in [2.05, 4.69) is 0 Å². The van der Waals surface area contributed by atoms with Crippen LogP contribution in [0.4, 0.5) is 10.1 Å². The van der Waals surface area contributed by atoms with Crippen molar-refractivity contribution in [2.75, 3.05) is 11.4 Å². The highest BCUT2D eigenvalue weighted by atomic mass is 19.1. The topological polar surface area (TPSA) is 66.8 Å². The lowest BCUT2D eigenvalue weighted by Crippen LogP contribution is -2.46. The quantitative estimate of drug-likeness (QED) is 0.909. The van der Waals surface area contributed by atoms with Crippen LogP contribution in [0.25, 0.3) is 0 Å². The number of amides is 1. The van der Waals surface area contributed by atoms with Gasteiger partial charge in [-0.2, -0.15) is 0 Å². The van der Waals surface area contributed by atoms with Crippen molar-refractivity contribution in [3.8, 4) is 5.75 Å². The average Bonchev–Trinajstić information content (AvgIpc) is 2.53. The Balaban J connectivity index is 1.84. The Morgan fingerprint density at radius 1 is 1.30 bits per heavy atom. The molecule has 0 aromatic heterocycles. The number of carbonyl (C=O) groups excluding carboxylic acids is 1. The fraction of sp³-hybridized carbons (Fsp3) is 0.529. The van der Waals surface area contributed by atoms with Gasteiger partial charge in [0.2, 0.25) is 5.91 Å². The summed E-state index contributed by atoms with van der Waals surface area (Å²) >= 11 is 0. The average molecular weight is 321 g/mol. The second-order valence-electron chi connectivity index (χ2n) is 6.39. The molecule has 1 aromatic rings. The van der Waals surface area contributed by atoms with E-state index in [1.165, 1.54) is 12.1 Å². The summed E-state index contributed by atoms with van der Waals surface area (Å²) in [5.41, 5.74) is 0.562. The van der Waals surface area contributed by atoms with Crippen molar-refractivity contribution in [3.05, 3.63) is 24.0 Å². The maximum absolute atomic E-state index is 13.4. The SMILES string of the molecule is CC1CN(C(=O)C2CCCC(C(=O)O)C2)c2ccc(F)cc2O1. The van der Waals surface area contributed by atoms with Gasteiger partial charge in [0, 0.05) is 12.0 Å². The fourth-order valence-corrected chi connectivity index (χ4v) is 3.48. The molecule has 2 aliphatic rings. The van der Waals surface area contributed by atoms with Gasteiger partial charge in [0.1, 0.15) is 17.7 Å². The first-order chi connectivity index (χ1) is 11.0. The molecule has 1 aromatic carbocycles. The van der Waals surface area contributed by atoms with Crippen LogP contribution in [0.15, 0.2) is 18.2 Å². The number of ether oxygens (including phenoxy) is 1. The van der Waals surface area contributed by atoms with Crippen molar-refractivity contribution in [3.63, 3.8) is 0 Å². The van der Waals surface area contributed by atoms with Crippen LogP contribution < -0.4 is 9.64 Å². The van der Waals surface area contributed by atoms with Gasteiger partial charge in [-0.15, -0.1) is 0 Å². The number of hydrogen-bond acceptors (Lipinski definition) is 3. The van der Waals surface area contributed by atoms with Crippen LogP contribution in [-0.4, -0.2) is 29.6 Å². The molecule has 5 nitrogen and oxygen atoms in total. The largest absolute Gasteiger partial charge is 0.487 e. The molecule has 1 N–H and O–H groups in total. The van der Waals surface area contributed by atoms with Crippen molar-refractivity contribution in [2.24, 2.45) is 11.8 Å². The van der Waals surface area contributed by atoms with Gasteiger partial charge in [-0.05, 0) is 38.3 Å². The normalized spacial score (nSPS) is 27.0. The summed E-state index contributed by atoms with van der Waals surface area (Å²) in [5.74, 6) is -1.72. The highest BCUT2D eigenvalue weighted by Crippen LogP contribution is 2.37. The predicted octanol–water partition coefficient (Wildman–Crippen LogP) is 2.83. The molecule has 0 spiro atoms. The molecule has 1 aliphatic carbocycles. The Hall–Kier alpha value is -2.11. The first kappa shape index (κ1) is 15.8. The van der Waals surface area contributed by atoms with Gasteiger partial charge in [0.15, 0.2) is 0 Å². The summed E-state index contributed by atoms with van der Waals surface area (Å²) < 4.78 is 19.0. The van der Waals surface area contributed by atoms with Crippen molar-refractivity contribution >= 4 is 17.6 Å². The van der Waals surface area contributed by atoms with Gasteiger partial charge in [0.25, 0.3) is 0 Å². The molecule has 1 saturated carbocycles. The molecule has 1 fully saturated rings. The summed E-state index contributed by atoms with van der Waals surface area (Å²) in [6, 6.07) is 4.14. The van der Waals surface area contributed by atoms with E-state index in [9.17, 15) is 19.1 Å². The highest BCUT2D eigenvalue weighted by Gasteiger charge is 2.36. The summed E-state index contributed by atoms with van der Waals surface area (Å²) in [7, 11) is 0. The maximum Gasteiger partial charge on any atom is 0.306 e. The monoisotopic (exact) mass is 321 g/mol. The molecular formula is C17H20FNO4. The molecule has 6 heteroatoms. The summed E-state index contributed by atoms with van der Waals surface area (Å²) in [4.78, 5) is 25.7. The number of halogens is 1. The third kappa shape index (κ3) is 3.16. The number of benzene rings is 1. The number of aliphatic carboxylic acids is 1. The van der Waals surface area contributed by atoms with Crippen LogP contribution in [0.2, 0.25) is 0 Å². The van der Waals surface area contributed by atoms with E-state index >= 15 is 0 Å². The van der Waals surface area contributed by atoms with E-state index < -0.39 is 17.7 Å². The van der Waals surface area contributed by atoms with Crippen molar-refractivity contribution in [1.82, 2.24) is 0 Å². The lowest BCUT2D eigenvalue weighted by atomic mass is 9.80. The minimum Gasteiger partial charge on any atom is -0.487 e. The lowest BCUT2D eigenvalue weighted by Gasteiger charge is -2.37. The third-order valence-corrected chi connectivity index (χ3v) is 4.62. The second-order valence-corrected chi connectivity index (χ2v) is 6.39. The van der Waals surface area contributed by atoms with Crippen LogP contribution >= 0.6 is 0 Å². The van der Waals surface area contributed by atoms with Crippen LogP contribution in [0.1, 0.15) is 32.6 Å². The molecule has 1 amide bonds. The maximum atomic E-state index is 13.4. The number of fused-ring (bicyclic) bond motifs is 1. The third-order valence-electron chi connectivity index (χ3n) is 4.62. The number of carboxylic acids is 1. The number of anilines is 1. The Labute approximate surface area is 134 Å². The number of nitrogens with zero attached hydrogens (tertiary/aromatic N) is 1. The molecule has 3 atom stereocenters. The van der Waals surface area contributed by atoms with E-state index in [1.54, 1.807) is 11.0 Å².